The first-order valence-corrected chi connectivity index (χ1v) is 17.4. The molecule has 6 atom stereocenters. The average Bonchev–Trinajstić information content (AvgIpc) is 3.36. The number of hydrogen-bond donors (Lipinski definition) is 1. The Morgan fingerprint density at radius 1 is 0.812 bits per heavy atom. The largest absolute Gasteiger partial charge is 0.508 e. The molecule has 3 aliphatic carbocycles. The fourth-order valence-corrected chi connectivity index (χ4v) is 9.46. The zero-order valence-corrected chi connectivity index (χ0v) is 28.5. The molecule has 48 heavy (non-hydrogen) atoms. The Bertz CT molecular complexity index is 2080. The lowest BCUT2D eigenvalue weighted by Gasteiger charge is -2.55. The molecule has 1 aliphatic heterocycles. The molecule has 0 unspecified atom stereocenters. The fourth-order valence-electron chi connectivity index (χ4n) is 8.81. The maximum absolute atomic E-state index is 15.0. The van der Waals surface area contributed by atoms with Crippen molar-refractivity contribution >= 4 is 68.8 Å². The average molecular weight is 766 g/mol. The SMILES string of the molecule is O=C1C(c2ccccc2)=CC(=O)[C@@]2(c3ccccc3)[C@@H](c3ccc(O)cc3Cl)C3=CC[C@@H]4C(=O)N(c5ccc(I)cc5)C(=O)[C@@H]4[C@@H]3C[C@@H]12. The Hall–Kier alpha value is -4.34. The van der Waals surface area contributed by atoms with Gasteiger partial charge in [0, 0.05) is 26.0 Å². The lowest BCUT2D eigenvalue weighted by atomic mass is 9.44. The van der Waals surface area contributed by atoms with E-state index in [0.29, 0.717) is 34.4 Å². The number of halogens is 2. The van der Waals surface area contributed by atoms with Crippen molar-refractivity contribution in [2.45, 2.75) is 24.2 Å². The molecule has 1 N–H and O–H groups in total. The second-order valence-corrected chi connectivity index (χ2v) is 14.6. The third-order valence-electron chi connectivity index (χ3n) is 10.8. The molecule has 0 spiro atoms. The first-order valence-electron chi connectivity index (χ1n) is 15.9. The number of fused-ring (bicyclic) bond motifs is 4. The molecule has 238 valence electrons. The molecule has 0 bridgehead atoms. The summed E-state index contributed by atoms with van der Waals surface area (Å²) in [5.74, 6) is -4.38. The second kappa shape index (κ2) is 11.7. The Morgan fingerprint density at radius 2 is 1.50 bits per heavy atom. The van der Waals surface area contributed by atoms with Gasteiger partial charge in [-0.25, -0.2) is 0 Å². The highest BCUT2D eigenvalue weighted by molar-refractivity contribution is 14.1. The number of carbonyl (C=O) groups is 4. The molecule has 0 radical (unpaired) electrons. The van der Waals surface area contributed by atoms with Gasteiger partial charge in [0.15, 0.2) is 11.6 Å². The van der Waals surface area contributed by atoms with Crippen LogP contribution in [0.1, 0.15) is 35.4 Å². The van der Waals surface area contributed by atoms with Gasteiger partial charge in [-0.05, 0) is 101 Å². The number of ketones is 2. The first kappa shape index (κ1) is 31.0. The summed E-state index contributed by atoms with van der Waals surface area (Å²) in [7, 11) is 0. The summed E-state index contributed by atoms with van der Waals surface area (Å²) < 4.78 is 0.984. The summed E-state index contributed by atoms with van der Waals surface area (Å²) in [4.78, 5) is 59.7. The van der Waals surface area contributed by atoms with Gasteiger partial charge in [0.05, 0.1) is 22.9 Å². The number of imide groups is 1. The van der Waals surface area contributed by atoms with Gasteiger partial charge in [-0.2, -0.15) is 0 Å². The van der Waals surface area contributed by atoms with Gasteiger partial charge >= 0.3 is 0 Å². The number of nitrogens with zero attached hydrogens (tertiary/aromatic N) is 1. The van der Waals surface area contributed by atoms with Crippen molar-refractivity contribution in [2.75, 3.05) is 4.90 Å². The van der Waals surface area contributed by atoms with Gasteiger partial charge in [0.25, 0.3) is 0 Å². The van der Waals surface area contributed by atoms with Crippen molar-refractivity contribution in [1.82, 2.24) is 0 Å². The van der Waals surface area contributed by atoms with Gasteiger partial charge in [0.1, 0.15) is 5.75 Å². The predicted molar refractivity (Wildman–Crippen MR) is 191 cm³/mol. The summed E-state index contributed by atoms with van der Waals surface area (Å²) in [6.45, 7) is 0. The van der Waals surface area contributed by atoms with E-state index in [1.165, 1.54) is 23.1 Å². The number of phenols is 1. The number of amides is 2. The number of anilines is 1. The lowest BCUT2D eigenvalue weighted by molar-refractivity contribution is -0.135. The Balaban J connectivity index is 1.36. The first-order chi connectivity index (χ1) is 23.2. The van der Waals surface area contributed by atoms with Crippen LogP contribution in [0, 0.1) is 27.2 Å². The van der Waals surface area contributed by atoms with E-state index in [1.807, 2.05) is 78.9 Å². The Labute approximate surface area is 296 Å². The third kappa shape index (κ3) is 4.50. The van der Waals surface area contributed by atoms with Crippen molar-refractivity contribution in [2.24, 2.45) is 23.7 Å². The van der Waals surface area contributed by atoms with Crippen LogP contribution in [-0.2, 0) is 24.6 Å². The topological polar surface area (TPSA) is 91.8 Å². The predicted octanol–water partition coefficient (Wildman–Crippen LogP) is 7.68. The number of carbonyl (C=O) groups excluding carboxylic acids is 4. The molecule has 1 heterocycles. The van der Waals surface area contributed by atoms with Crippen molar-refractivity contribution in [3.8, 4) is 5.75 Å². The highest BCUT2D eigenvalue weighted by Crippen LogP contribution is 2.64. The van der Waals surface area contributed by atoms with Crippen molar-refractivity contribution in [3.63, 3.8) is 0 Å². The minimum atomic E-state index is -1.38. The smallest absolute Gasteiger partial charge is 0.238 e. The monoisotopic (exact) mass is 765 g/mol. The summed E-state index contributed by atoms with van der Waals surface area (Å²) >= 11 is 9.12. The van der Waals surface area contributed by atoms with Crippen LogP contribution in [-0.4, -0.2) is 28.5 Å². The zero-order chi connectivity index (χ0) is 33.3. The molecule has 4 aromatic rings. The zero-order valence-electron chi connectivity index (χ0n) is 25.6. The molecule has 1 saturated carbocycles. The third-order valence-corrected chi connectivity index (χ3v) is 11.8. The van der Waals surface area contributed by atoms with E-state index in [1.54, 1.807) is 18.2 Å². The molecule has 6 nitrogen and oxygen atoms in total. The van der Waals surface area contributed by atoms with Crippen LogP contribution in [0.2, 0.25) is 5.02 Å². The van der Waals surface area contributed by atoms with Gasteiger partial charge in [-0.3, -0.25) is 24.1 Å². The highest BCUT2D eigenvalue weighted by Gasteiger charge is 2.66. The molecule has 8 heteroatoms. The second-order valence-electron chi connectivity index (χ2n) is 13.0. The summed E-state index contributed by atoms with van der Waals surface area (Å²) in [6.07, 6.45) is 4.02. The van der Waals surface area contributed by atoms with Crippen LogP contribution in [0.15, 0.2) is 121 Å². The van der Waals surface area contributed by atoms with Gasteiger partial charge in [0.2, 0.25) is 11.8 Å². The molecular formula is C40H29ClINO5. The molecule has 4 aromatic carbocycles. The lowest BCUT2D eigenvalue weighted by Crippen LogP contribution is -2.58. The van der Waals surface area contributed by atoms with Crippen molar-refractivity contribution in [3.05, 3.63) is 146 Å². The van der Waals surface area contributed by atoms with Crippen molar-refractivity contribution < 1.29 is 24.3 Å². The highest BCUT2D eigenvalue weighted by atomic mass is 127. The number of benzene rings is 4. The number of Topliss-reactive ketones (excluding diaryl/α,β-unsaturated/α-hetero) is 1. The molecule has 2 amide bonds. The van der Waals surface area contributed by atoms with E-state index in [4.69, 9.17) is 11.6 Å². The van der Waals surface area contributed by atoms with Gasteiger partial charge in [-0.1, -0.05) is 90.0 Å². The van der Waals surface area contributed by atoms with Gasteiger partial charge < -0.3 is 5.11 Å². The summed E-state index contributed by atoms with van der Waals surface area (Å²) in [6, 6.07) is 30.5. The maximum Gasteiger partial charge on any atom is 0.238 e. The van der Waals surface area contributed by atoms with Crippen LogP contribution >= 0.6 is 34.2 Å². The molecule has 4 aliphatic rings. The van der Waals surface area contributed by atoms with E-state index in [2.05, 4.69) is 22.6 Å². The van der Waals surface area contributed by atoms with E-state index in [-0.39, 0.29) is 40.6 Å². The fraction of sp³-hybridized carbons (Fsp3) is 0.200. The van der Waals surface area contributed by atoms with Crippen molar-refractivity contribution in [1.29, 1.82) is 0 Å². The number of phenolic OH excluding ortho intramolecular Hbond substituents is 1. The molecule has 8 rings (SSSR count). The van der Waals surface area contributed by atoms with Crippen LogP contribution in [0.5, 0.6) is 5.75 Å². The quantitative estimate of drug-likeness (QED) is 0.131. The maximum atomic E-state index is 15.0. The van der Waals surface area contributed by atoms with Crippen LogP contribution in [0.25, 0.3) is 5.57 Å². The van der Waals surface area contributed by atoms with E-state index in [9.17, 15) is 19.5 Å². The van der Waals surface area contributed by atoms with E-state index < -0.39 is 35.0 Å². The van der Waals surface area contributed by atoms with Crippen LogP contribution in [0.4, 0.5) is 5.69 Å². The van der Waals surface area contributed by atoms with Crippen LogP contribution in [0.3, 0.4) is 0 Å². The minimum absolute atomic E-state index is 0.0267. The van der Waals surface area contributed by atoms with E-state index >= 15 is 4.79 Å². The summed E-state index contributed by atoms with van der Waals surface area (Å²) in [5, 5.41) is 10.6. The molecule has 2 fully saturated rings. The molecular weight excluding hydrogens is 737 g/mol. The number of allylic oxidation sites excluding steroid dienone is 4. The number of aromatic hydroxyl groups is 1. The Morgan fingerprint density at radius 3 is 2.19 bits per heavy atom. The number of rotatable bonds is 4. The van der Waals surface area contributed by atoms with Crippen LogP contribution < -0.4 is 4.90 Å². The Kier molecular flexibility index (Phi) is 7.53. The normalized spacial score (nSPS) is 28.0. The van der Waals surface area contributed by atoms with E-state index in [0.717, 1.165) is 9.14 Å². The van der Waals surface area contributed by atoms with Gasteiger partial charge in [-0.15, -0.1) is 0 Å². The standard InChI is InChI=1S/C40H29ClINO5/c41-33-19-26(44)15-16-28(33)36-27-17-18-29-35(39(48)43(38(29)47)25-13-11-24(42)12-14-25)31(27)20-32-37(46)30(22-7-3-1-4-8-22)21-34(45)40(32,36)23-9-5-2-6-10-23/h1-17,19,21,29,31-32,35-36,44H,18,20H2/t29-,31+,32-,35-,36+,40-/m0/s1. The summed E-state index contributed by atoms with van der Waals surface area (Å²) in [5.41, 5.74) is 2.22. The minimum Gasteiger partial charge on any atom is -0.508 e. The molecule has 1 saturated heterocycles. The molecule has 0 aromatic heterocycles. The number of hydrogen-bond acceptors (Lipinski definition) is 5.